The van der Waals surface area contributed by atoms with Gasteiger partial charge in [0.25, 0.3) is 0 Å². The maximum atomic E-state index is 4.12. The summed E-state index contributed by atoms with van der Waals surface area (Å²) >= 11 is 0. The van der Waals surface area contributed by atoms with Crippen LogP contribution in [0.2, 0.25) is 0 Å². The van der Waals surface area contributed by atoms with Crippen LogP contribution in [0.15, 0.2) is 30.8 Å². The van der Waals surface area contributed by atoms with Crippen molar-refractivity contribution in [2.45, 2.75) is 40.3 Å². The Labute approximate surface area is 93.4 Å². The van der Waals surface area contributed by atoms with Crippen LogP contribution in [0.1, 0.15) is 38.8 Å². The number of fused-ring (bicyclic) bond motifs is 1. The van der Waals surface area contributed by atoms with Crippen LogP contribution in [-0.4, -0.2) is 10.9 Å². The van der Waals surface area contributed by atoms with Crippen molar-refractivity contribution in [3.05, 3.63) is 42.0 Å². The standard InChI is InChI=1S/C12H15N.C2H6/c1-9(2)13-8-11-6-4-5-7-12(11)10(13)3;1-2/h4-7,9H,3,8H2,1-2H3;1-2H3. The summed E-state index contributed by atoms with van der Waals surface area (Å²) in [5.41, 5.74) is 3.89. The predicted molar refractivity (Wildman–Crippen MR) is 67.5 cm³/mol. The van der Waals surface area contributed by atoms with E-state index in [1.54, 1.807) is 0 Å². The molecule has 0 amide bonds. The Morgan fingerprint density at radius 3 is 2.33 bits per heavy atom. The zero-order valence-electron chi connectivity index (χ0n) is 10.2. The van der Waals surface area contributed by atoms with Crippen LogP contribution in [0.5, 0.6) is 0 Å². The molecule has 0 N–H and O–H groups in total. The van der Waals surface area contributed by atoms with Crippen LogP contribution in [0, 0.1) is 0 Å². The molecule has 1 nitrogen and oxygen atoms in total. The van der Waals surface area contributed by atoms with E-state index in [-0.39, 0.29) is 0 Å². The molecular formula is C14H21N. The molecule has 0 saturated carbocycles. The van der Waals surface area contributed by atoms with Crippen molar-refractivity contribution >= 4 is 5.70 Å². The van der Waals surface area contributed by atoms with Crippen molar-refractivity contribution < 1.29 is 0 Å². The van der Waals surface area contributed by atoms with Crippen molar-refractivity contribution in [2.75, 3.05) is 0 Å². The quantitative estimate of drug-likeness (QED) is 0.669. The van der Waals surface area contributed by atoms with E-state index in [0.717, 1.165) is 6.54 Å². The van der Waals surface area contributed by atoms with Crippen LogP contribution in [-0.2, 0) is 6.54 Å². The first-order chi connectivity index (χ1) is 7.20. The zero-order valence-corrected chi connectivity index (χ0v) is 10.2. The Morgan fingerprint density at radius 2 is 1.80 bits per heavy atom. The van der Waals surface area contributed by atoms with Crippen molar-refractivity contribution in [1.82, 2.24) is 4.90 Å². The smallest absolute Gasteiger partial charge is 0.0439 e. The van der Waals surface area contributed by atoms with E-state index in [2.05, 4.69) is 49.6 Å². The molecule has 0 aromatic heterocycles. The number of benzene rings is 1. The maximum Gasteiger partial charge on any atom is 0.0439 e. The van der Waals surface area contributed by atoms with Gasteiger partial charge >= 0.3 is 0 Å². The molecule has 0 atom stereocenters. The first-order valence-corrected chi connectivity index (χ1v) is 5.74. The number of hydrogen-bond donors (Lipinski definition) is 0. The highest BCUT2D eigenvalue weighted by atomic mass is 15.2. The van der Waals surface area contributed by atoms with E-state index in [9.17, 15) is 0 Å². The van der Waals surface area contributed by atoms with E-state index in [1.807, 2.05) is 13.8 Å². The van der Waals surface area contributed by atoms with Gasteiger partial charge in [0.2, 0.25) is 0 Å². The second-order valence-corrected chi connectivity index (χ2v) is 3.83. The summed E-state index contributed by atoms with van der Waals surface area (Å²) in [6, 6.07) is 9.05. The minimum Gasteiger partial charge on any atom is -0.365 e. The van der Waals surface area contributed by atoms with Gasteiger partial charge in [0.05, 0.1) is 0 Å². The number of nitrogens with zero attached hydrogens (tertiary/aromatic N) is 1. The van der Waals surface area contributed by atoms with Gasteiger partial charge in [-0.25, -0.2) is 0 Å². The van der Waals surface area contributed by atoms with Gasteiger partial charge < -0.3 is 4.90 Å². The normalized spacial score (nSPS) is 13.7. The Kier molecular flexibility index (Phi) is 3.96. The van der Waals surface area contributed by atoms with Crippen molar-refractivity contribution in [2.24, 2.45) is 0 Å². The van der Waals surface area contributed by atoms with Gasteiger partial charge in [-0.3, -0.25) is 0 Å². The SMILES string of the molecule is C=C1c2ccccc2CN1C(C)C.CC. The third-order valence-electron chi connectivity index (χ3n) is 2.64. The molecule has 15 heavy (non-hydrogen) atoms. The van der Waals surface area contributed by atoms with Crippen LogP contribution >= 0.6 is 0 Å². The fourth-order valence-electron chi connectivity index (χ4n) is 1.87. The maximum absolute atomic E-state index is 4.12. The van der Waals surface area contributed by atoms with Gasteiger partial charge in [0.1, 0.15) is 0 Å². The van der Waals surface area contributed by atoms with Gasteiger partial charge in [0, 0.05) is 23.8 Å². The van der Waals surface area contributed by atoms with E-state index >= 15 is 0 Å². The van der Waals surface area contributed by atoms with E-state index < -0.39 is 0 Å². The molecule has 1 aliphatic rings. The highest BCUT2D eigenvalue weighted by molar-refractivity contribution is 5.69. The van der Waals surface area contributed by atoms with Gasteiger partial charge in [0.15, 0.2) is 0 Å². The van der Waals surface area contributed by atoms with Crippen molar-refractivity contribution in [3.63, 3.8) is 0 Å². The molecule has 1 heteroatoms. The Bertz CT molecular complexity index is 339. The third-order valence-corrected chi connectivity index (χ3v) is 2.64. The molecule has 1 aromatic carbocycles. The monoisotopic (exact) mass is 203 g/mol. The van der Waals surface area contributed by atoms with Gasteiger partial charge in [-0.05, 0) is 19.4 Å². The molecule has 82 valence electrons. The predicted octanol–water partition coefficient (Wildman–Crippen LogP) is 3.91. The van der Waals surface area contributed by atoms with Crippen LogP contribution in [0.4, 0.5) is 0 Å². The molecule has 0 saturated heterocycles. The largest absolute Gasteiger partial charge is 0.365 e. The summed E-state index contributed by atoms with van der Waals surface area (Å²) in [7, 11) is 0. The average molecular weight is 203 g/mol. The summed E-state index contributed by atoms with van der Waals surface area (Å²) in [5.74, 6) is 0. The van der Waals surface area contributed by atoms with Crippen molar-refractivity contribution in [1.29, 1.82) is 0 Å². The molecule has 0 unspecified atom stereocenters. The lowest BCUT2D eigenvalue weighted by atomic mass is 10.1. The molecule has 0 spiro atoms. The highest BCUT2D eigenvalue weighted by Crippen LogP contribution is 2.32. The molecular weight excluding hydrogens is 182 g/mol. The molecule has 0 aliphatic carbocycles. The Balaban J connectivity index is 0.000000531. The first-order valence-electron chi connectivity index (χ1n) is 5.74. The third kappa shape index (κ3) is 2.23. The summed E-state index contributed by atoms with van der Waals surface area (Å²) < 4.78 is 0. The zero-order chi connectivity index (χ0) is 11.4. The molecule has 1 heterocycles. The second kappa shape index (κ2) is 5.01. The average Bonchev–Trinajstić information content (AvgIpc) is 2.60. The van der Waals surface area contributed by atoms with E-state index in [0.29, 0.717) is 6.04 Å². The summed E-state index contributed by atoms with van der Waals surface area (Å²) in [4.78, 5) is 2.34. The minimum atomic E-state index is 0.542. The minimum absolute atomic E-state index is 0.542. The molecule has 1 aliphatic heterocycles. The Hall–Kier alpha value is -1.24. The first kappa shape index (κ1) is 11.8. The van der Waals surface area contributed by atoms with Crippen LogP contribution < -0.4 is 0 Å². The molecule has 0 bridgehead atoms. The second-order valence-electron chi connectivity index (χ2n) is 3.83. The van der Waals surface area contributed by atoms with Gasteiger partial charge in [-0.15, -0.1) is 0 Å². The highest BCUT2D eigenvalue weighted by Gasteiger charge is 2.22. The Morgan fingerprint density at radius 1 is 1.20 bits per heavy atom. The lowest BCUT2D eigenvalue weighted by Crippen LogP contribution is -2.23. The number of hydrogen-bond acceptors (Lipinski definition) is 1. The summed E-state index contributed by atoms with van der Waals surface area (Å²) in [6.45, 7) is 13.6. The van der Waals surface area contributed by atoms with E-state index in [4.69, 9.17) is 0 Å². The lowest BCUT2D eigenvalue weighted by Gasteiger charge is -2.23. The molecule has 2 rings (SSSR count). The fraction of sp³-hybridized carbons (Fsp3) is 0.429. The van der Waals surface area contributed by atoms with Crippen LogP contribution in [0.25, 0.3) is 5.70 Å². The topological polar surface area (TPSA) is 3.24 Å². The van der Waals surface area contributed by atoms with Gasteiger partial charge in [-0.1, -0.05) is 44.7 Å². The summed E-state index contributed by atoms with van der Waals surface area (Å²) in [5, 5.41) is 0. The van der Waals surface area contributed by atoms with E-state index in [1.165, 1.54) is 16.8 Å². The fourth-order valence-corrected chi connectivity index (χ4v) is 1.87. The molecule has 0 fully saturated rings. The molecule has 0 radical (unpaired) electrons. The lowest BCUT2D eigenvalue weighted by molar-refractivity contribution is 0.339. The summed E-state index contributed by atoms with van der Waals surface area (Å²) in [6.07, 6.45) is 0. The van der Waals surface area contributed by atoms with Crippen molar-refractivity contribution in [3.8, 4) is 0 Å². The number of rotatable bonds is 1. The van der Waals surface area contributed by atoms with Gasteiger partial charge in [-0.2, -0.15) is 0 Å². The van der Waals surface area contributed by atoms with Crippen LogP contribution in [0.3, 0.4) is 0 Å². The molecule has 1 aromatic rings.